The average Bonchev–Trinajstić information content (AvgIpc) is 2.99. The van der Waals surface area contributed by atoms with Gasteiger partial charge in [-0.1, -0.05) is 47.1 Å². The zero-order valence-electron chi connectivity index (χ0n) is 23.2. The molecule has 7 heteroatoms. The first-order chi connectivity index (χ1) is 16.9. The van der Waals surface area contributed by atoms with Crippen molar-refractivity contribution in [3.05, 3.63) is 22.8 Å². The summed E-state index contributed by atoms with van der Waals surface area (Å²) in [5.41, 5.74) is -1.08. The molecule has 0 saturated heterocycles. The number of allylic oxidation sites excluding steroid dienone is 3. The van der Waals surface area contributed by atoms with Crippen LogP contribution in [-0.4, -0.2) is 50.8 Å². The van der Waals surface area contributed by atoms with E-state index in [4.69, 9.17) is 5.11 Å². The van der Waals surface area contributed by atoms with Crippen LogP contribution in [0.4, 0.5) is 0 Å². The lowest BCUT2D eigenvalue weighted by atomic mass is 9.42. The van der Waals surface area contributed by atoms with Crippen LogP contribution in [-0.2, 0) is 19.2 Å². The summed E-state index contributed by atoms with van der Waals surface area (Å²) in [6.45, 7) is 13.2. The maximum Gasteiger partial charge on any atom is 0.306 e. The van der Waals surface area contributed by atoms with E-state index in [0.29, 0.717) is 36.0 Å². The van der Waals surface area contributed by atoms with Gasteiger partial charge in [0.15, 0.2) is 17.3 Å². The Labute approximate surface area is 219 Å². The van der Waals surface area contributed by atoms with Gasteiger partial charge in [0.05, 0.1) is 18.1 Å². The molecule has 0 aliphatic heterocycles. The minimum absolute atomic E-state index is 0.0690. The van der Waals surface area contributed by atoms with E-state index >= 15 is 0 Å². The van der Waals surface area contributed by atoms with Crippen LogP contribution in [0.2, 0.25) is 0 Å². The topological polar surface area (TPSA) is 129 Å². The third-order valence-electron chi connectivity index (χ3n) is 11.2. The molecule has 204 valence electrons. The highest BCUT2D eigenvalue weighted by atomic mass is 16.4. The molecule has 7 nitrogen and oxygen atoms in total. The highest BCUT2D eigenvalue weighted by molar-refractivity contribution is 6.11. The fourth-order valence-electron chi connectivity index (χ4n) is 8.68. The lowest BCUT2D eigenvalue weighted by Gasteiger charge is -2.60. The molecule has 0 radical (unpaired) electrons. The van der Waals surface area contributed by atoms with Gasteiger partial charge >= 0.3 is 5.97 Å². The summed E-state index contributed by atoms with van der Waals surface area (Å²) in [6, 6.07) is 0. The van der Waals surface area contributed by atoms with Crippen LogP contribution in [0, 0.1) is 39.4 Å². The van der Waals surface area contributed by atoms with Gasteiger partial charge in [0.2, 0.25) is 0 Å². The fourth-order valence-corrected chi connectivity index (χ4v) is 8.68. The van der Waals surface area contributed by atoms with Crippen LogP contribution in [0.5, 0.6) is 0 Å². The predicted molar refractivity (Wildman–Crippen MR) is 137 cm³/mol. The van der Waals surface area contributed by atoms with Gasteiger partial charge in [-0.3, -0.25) is 19.2 Å². The number of hydrogen-bond acceptors (Lipinski definition) is 6. The van der Waals surface area contributed by atoms with Crippen molar-refractivity contribution >= 4 is 23.3 Å². The summed E-state index contributed by atoms with van der Waals surface area (Å²) in [5.74, 6) is -2.80. The van der Waals surface area contributed by atoms with Crippen LogP contribution in [0.25, 0.3) is 0 Å². The maximum atomic E-state index is 14.0. The van der Waals surface area contributed by atoms with Gasteiger partial charge in [-0.05, 0) is 54.9 Å². The van der Waals surface area contributed by atoms with Gasteiger partial charge in [0.1, 0.15) is 0 Å². The van der Waals surface area contributed by atoms with Gasteiger partial charge in [-0.25, -0.2) is 0 Å². The molecule has 3 N–H and O–H groups in total. The first-order valence-corrected chi connectivity index (χ1v) is 13.5. The smallest absolute Gasteiger partial charge is 0.306 e. The number of rotatable bonds is 5. The molecular weight excluding hydrogens is 472 g/mol. The number of fused-ring (bicyclic) bond motifs is 4. The molecule has 0 spiro atoms. The number of hydrogen-bond donors (Lipinski definition) is 3. The fraction of sp³-hybridized carbons (Fsp3) is 0.733. The van der Waals surface area contributed by atoms with Crippen LogP contribution in [0.1, 0.15) is 87.0 Å². The summed E-state index contributed by atoms with van der Waals surface area (Å²) in [6.07, 6.45) is 1.80. The Bertz CT molecular complexity index is 1130. The Kier molecular flexibility index (Phi) is 6.56. The summed E-state index contributed by atoms with van der Waals surface area (Å²) < 4.78 is 0. The Morgan fingerprint density at radius 2 is 1.65 bits per heavy atom. The Morgan fingerprint density at radius 1 is 1.03 bits per heavy atom. The van der Waals surface area contributed by atoms with Crippen LogP contribution in [0.3, 0.4) is 0 Å². The van der Waals surface area contributed by atoms with E-state index in [1.807, 2.05) is 27.7 Å². The molecule has 4 aliphatic rings. The zero-order valence-corrected chi connectivity index (χ0v) is 23.2. The van der Waals surface area contributed by atoms with E-state index in [0.717, 1.165) is 0 Å². The molecule has 8 atom stereocenters. The minimum Gasteiger partial charge on any atom is -0.481 e. The number of carbonyl (C=O) groups excluding carboxylic acids is 3. The maximum absolute atomic E-state index is 14.0. The lowest BCUT2D eigenvalue weighted by Crippen LogP contribution is -2.60. The van der Waals surface area contributed by atoms with E-state index in [2.05, 4.69) is 6.92 Å². The lowest BCUT2D eigenvalue weighted by molar-refractivity contribution is -0.143. The predicted octanol–water partition coefficient (Wildman–Crippen LogP) is 4.05. The summed E-state index contributed by atoms with van der Waals surface area (Å²) in [5, 5.41) is 31.5. The van der Waals surface area contributed by atoms with E-state index in [1.54, 1.807) is 6.92 Å². The van der Waals surface area contributed by atoms with E-state index in [1.165, 1.54) is 13.0 Å². The molecular formula is C30H42O7. The Morgan fingerprint density at radius 3 is 2.24 bits per heavy atom. The van der Waals surface area contributed by atoms with E-state index in [-0.39, 0.29) is 48.4 Å². The van der Waals surface area contributed by atoms with Crippen molar-refractivity contribution < 1.29 is 34.5 Å². The molecule has 0 amide bonds. The monoisotopic (exact) mass is 514 g/mol. The molecule has 37 heavy (non-hydrogen) atoms. The molecule has 4 rings (SSSR count). The number of carbonyl (C=O) groups is 4. The molecule has 2 fully saturated rings. The van der Waals surface area contributed by atoms with Crippen LogP contribution in [0.15, 0.2) is 22.8 Å². The Balaban J connectivity index is 1.80. The second-order valence-corrected chi connectivity index (χ2v) is 13.5. The number of carboxylic acids is 1. The van der Waals surface area contributed by atoms with Crippen molar-refractivity contribution in [1.82, 2.24) is 0 Å². The molecule has 0 bridgehead atoms. The zero-order chi connectivity index (χ0) is 27.9. The minimum atomic E-state index is -1.03. The number of Topliss-reactive ketones (excluding diaryl/α,β-unsaturated/α-hetero) is 2. The molecule has 0 aromatic rings. The summed E-state index contributed by atoms with van der Waals surface area (Å²) in [7, 11) is 0. The normalized spacial score (nSPS) is 42.1. The molecule has 0 aromatic heterocycles. The highest BCUT2D eigenvalue weighted by Gasteiger charge is 2.69. The van der Waals surface area contributed by atoms with Crippen molar-refractivity contribution in [3.63, 3.8) is 0 Å². The number of ketones is 3. The van der Waals surface area contributed by atoms with Gasteiger partial charge in [-0.2, -0.15) is 0 Å². The first kappa shape index (κ1) is 27.9. The van der Waals surface area contributed by atoms with Crippen molar-refractivity contribution in [2.75, 3.05) is 0 Å². The molecule has 4 aliphatic carbocycles. The van der Waals surface area contributed by atoms with Gasteiger partial charge in [-0.15, -0.1) is 0 Å². The SMILES string of the molecule is C/C(=C\C(=O)C[C@H](C)C(=O)O)[C@H]1C[C@H](O)[C@@]2(C)C3=C(C(=O)C[C@]12C)[C@@]1(C)CC[C@H](O)C(C)(C)[C@@H]1CC3=O. The van der Waals surface area contributed by atoms with E-state index in [9.17, 15) is 29.4 Å². The third-order valence-corrected chi connectivity index (χ3v) is 11.2. The van der Waals surface area contributed by atoms with Crippen LogP contribution < -0.4 is 0 Å². The summed E-state index contributed by atoms with van der Waals surface area (Å²) in [4.78, 5) is 51.8. The Hall–Kier alpha value is -2.12. The quantitative estimate of drug-likeness (QED) is 0.472. The van der Waals surface area contributed by atoms with Gasteiger partial charge < -0.3 is 15.3 Å². The van der Waals surface area contributed by atoms with Gasteiger partial charge in [0, 0.05) is 41.2 Å². The van der Waals surface area contributed by atoms with Crippen LogP contribution >= 0.6 is 0 Å². The van der Waals surface area contributed by atoms with Crippen molar-refractivity contribution in [2.45, 2.75) is 99.2 Å². The molecule has 0 unspecified atom stereocenters. The first-order valence-electron chi connectivity index (χ1n) is 13.5. The third kappa shape index (κ3) is 3.75. The summed E-state index contributed by atoms with van der Waals surface area (Å²) >= 11 is 0. The highest BCUT2D eigenvalue weighted by Crippen LogP contribution is 2.70. The van der Waals surface area contributed by atoms with Crippen molar-refractivity contribution in [2.24, 2.45) is 39.4 Å². The largest absolute Gasteiger partial charge is 0.481 e. The standard InChI is InChI=1S/C30H42O7/c1-15(10-17(31)11-16(2)26(36)37)18-12-23(35)30(7)25-19(32)13-21-27(3,4)22(34)8-9-28(21,5)24(25)20(33)14-29(18,30)6/h10,16,18,21-23,34-35H,8-9,11-14H2,1-7H3,(H,36,37)/b15-10+/t16-,18+,21-,22-,23-,28-,29+,30-/m0/s1. The number of aliphatic hydroxyl groups is 2. The number of carboxylic acid groups (broad SMARTS) is 1. The van der Waals surface area contributed by atoms with Crippen molar-refractivity contribution in [1.29, 1.82) is 0 Å². The molecule has 0 aromatic carbocycles. The van der Waals surface area contributed by atoms with Gasteiger partial charge in [0.25, 0.3) is 0 Å². The number of aliphatic carboxylic acids is 1. The molecule has 0 heterocycles. The van der Waals surface area contributed by atoms with E-state index < -0.39 is 45.8 Å². The average molecular weight is 515 g/mol. The second-order valence-electron chi connectivity index (χ2n) is 13.5. The number of aliphatic hydroxyl groups excluding tert-OH is 2. The second kappa shape index (κ2) is 8.70. The van der Waals surface area contributed by atoms with Crippen molar-refractivity contribution in [3.8, 4) is 0 Å². The molecule has 2 saturated carbocycles.